The van der Waals surface area contributed by atoms with E-state index in [-0.39, 0.29) is 17.4 Å². The number of aromatic nitrogens is 2. The van der Waals surface area contributed by atoms with E-state index in [4.69, 9.17) is 0 Å². The molecule has 0 spiro atoms. The minimum Gasteiger partial charge on any atom is -0.347 e. The average molecular weight is 250 g/mol. The minimum atomic E-state index is -0.227. The van der Waals surface area contributed by atoms with E-state index in [1.54, 1.807) is 12.4 Å². The molecule has 0 aromatic carbocycles. The lowest BCUT2D eigenvalue weighted by atomic mass is 9.81. The maximum Gasteiger partial charge on any atom is 0.228 e. The second-order valence-electron chi connectivity index (χ2n) is 5.13. The van der Waals surface area contributed by atoms with Crippen LogP contribution in [0.3, 0.4) is 0 Å². The zero-order chi connectivity index (χ0) is 13.0. The fourth-order valence-corrected chi connectivity index (χ4v) is 2.68. The van der Waals surface area contributed by atoms with Crippen LogP contribution in [-0.2, 0) is 4.79 Å². The molecule has 2 atom stereocenters. The maximum atomic E-state index is 12.5. The van der Waals surface area contributed by atoms with Crippen LogP contribution in [0.4, 0.5) is 0 Å². The van der Waals surface area contributed by atoms with E-state index in [1.165, 1.54) is 0 Å². The molecule has 2 heterocycles. The number of rotatable bonds is 5. The Morgan fingerprint density at radius 3 is 3.06 bits per heavy atom. The van der Waals surface area contributed by atoms with Gasteiger partial charge in [-0.05, 0) is 26.3 Å². The van der Waals surface area contributed by atoms with Crippen LogP contribution in [0.25, 0.3) is 0 Å². The highest BCUT2D eigenvalue weighted by atomic mass is 16.2. The molecule has 0 radical (unpaired) electrons. The average Bonchev–Trinajstić information content (AvgIpc) is 3.00. The van der Waals surface area contributed by atoms with Gasteiger partial charge in [0.05, 0.1) is 11.5 Å². The third-order valence-electron chi connectivity index (χ3n) is 3.73. The molecule has 0 bridgehead atoms. The van der Waals surface area contributed by atoms with Crippen LogP contribution in [0, 0.1) is 5.41 Å². The normalized spacial score (nSPS) is 25.0. The molecule has 2 rings (SSSR count). The van der Waals surface area contributed by atoms with Crippen molar-refractivity contribution >= 4 is 5.91 Å². The van der Waals surface area contributed by atoms with E-state index >= 15 is 0 Å². The summed E-state index contributed by atoms with van der Waals surface area (Å²) in [6.45, 7) is 5.81. The first-order valence-electron chi connectivity index (χ1n) is 6.69. The lowest BCUT2D eigenvalue weighted by molar-refractivity contribution is -0.131. The number of hydrogen-bond donors (Lipinski definition) is 3. The van der Waals surface area contributed by atoms with Gasteiger partial charge in [0.2, 0.25) is 5.91 Å². The summed E-state index contributed by atoms with van der Waals surface area (Å²) in [6.07, 6.45) is 6.38. The summed E-state index contributed by atoms with van der Waals surface area (Å²) in [6, 6.07) is -0.0677. The number of carbonyl (C=O) groups is 1. The van der Waals surface area contributed by atoms with Crippen LogP contribution < -0.4 is 10.6 Å². The zero-order valence-electron chi connectivity index (χ0n) is 11.1. The summed E-state index contributed by atoms with van der Waals surface area (Å²) in [7, 11) is 0. The van der Waals surface area contributed by atoms with Crippen LogP contribution in [0.5, 0.6) is 0 Å². The zero-order valence-corrected chi connectivity index (χ0v) is 11.1. The van der Waals surface area contributed by atoms with Gasteiger partial charge in [-0.15, -0.1) is 0 Å². The van der Waals surface area contributed by atoms with E-state index < -0.39 is 0 Å². The van der Waals surface area contributed by atoms with E-state index in [1.807, 2.05) is 6.92 Å². The molecule has 18 heavy (non-hydrogen) atoms. The van der Waals surface area contributed by atoms with Gasteiger partial charge in [0.1, 0.15) is 5.82 Å². The highest BCUT2D eigenvalue weighted by Gasteiger charge is 2.40. The standard InChI is InChI=1S/C13H22N4O/c1-3-4-13(5-6-14-9-13)12(18)17-10(2)11-15-7-8-16-11/h7-8,10,14H,3-6,9H2,1-2H3,(H,15,16)(H,17,18). The molecule has 1 amide bonds. The smallest absolute Gasteiger partial charge is 0.228 e. The summed E-state index contributed by atoms with van der Waals surface area (Å²) >= 11 is 0. The van der Waals surface area contributed by atoms with Crippen molar-refractivity contribution in [2.75, 3.05) is 13.1 Å². The highest BCUT2D eigenvalue weighted by molar-refractivity contribution is 5.83. The third kappa shape index (κ3) is 2.56. The van der Waals surface area contributed by atoms with Crippen LogP contribution in [0.15, 0.2) is 12.4 Å². The molecule has 1 aromatic heterocycles. The first kappa shape index (κ1) is 13.1. The molecule has 5 heteroatoms. The number of carbonyl (C=O) groups excluding carboxylic acids is 1. The Labute approximate surface area is 108 Å². The van der Waals surface area contributed by atoms with Crippen molar-refractivity contribution in [1.82, 2.24) is 20.6 Å². The summed E-state index contributed by atoms with van der Waals surface area (Å²) in [5, 5.41) is 6.38. The molecule has 0 saturated carbocycles. The Bertz CT molecular complexity index is 382. The van der Waals surface area contributed by atoms with Gasteiger partial charge in [-0.3, -0.25) is 4.79 Å². The van der Waals surface area contributed by atoms with Crippen LogP contribution in [-0.4, -0.2) is 29.0 Å². The van der Waals surface area contributed by atoms with Crippen molar-refractivity contribution in [3.05, 3.63) is 18.2 Å². The van der Waals surface area contributed by atoms with Gasteiger partial charge >= 0.3 is 0 Å². The van der Waals surface area contributed by atoms with E-state index in [9.17, 15) is 4.79 Å². The van der Waals surface area contributed by atoms with Crippen LogP contribution in [0.1, 0.15) is 45.0 Å². The second kappa shape index (κ2) is 5.52. The summed E-state index contributed by atoms with van der Waals surface area (Å²) < 4.78 is 0. The number of H-pyrrole nitrogens is 1. The van der Waals surface area contributed by atoms with E-state index in [2.05, 4.69) is 27.5 Å². The maximum absolute atomic E-state index is 12.5. The van der Waals surface area contributed by atoms with Crippen LogP contribution >= 0.6 is 0 Å². The van der Waals surface area contributed by atoms with Gasteiger partial charge in [0.15, 0.2) is 0 Å². The fourth-order valence-electron chi connectivity index (χ4n) is 2.68. The van der Waals surface area contributed by atoms with E-state index in [0.29, 0.717) is 0 Å². The Hall–Kier alpha value is -1.36. The molecule has 3 N–H and O–H groups in total. The van der Waals surface area contributed by atoms with E-state index in [0.717, 1.165) is 38.2 Å². The van der Waals surface area contributed by atoms with Crippen LogP contribution in [0.2, 0.25) is 0 Å². The largest absolute Gasteiger partial charge is 0.347 e. The Balaban J connectivity index is 2.01. The third-order valence-corrected chi connectivity index (χ3v) is 3.73. The molecular formula is C13H22N4O. The molecule has 5 nitrogen and oxygen atoms in total. The van der Waals surface area contributed by atoms with Gasteiger partial charge in [-0.2, -0.15) is 0 Å². The van der Waals surface area contributed by atoms with Crippen molar-refractivity contribution in [2.45, 2.75) is 39.2 Å². The predicted molar refractivity (Wildman–Crippen MR) is 70.0 cm³/mol. The Kier molecular flexibility index (Phi) is 4.01. The SMILES string of the molecule is CCCC1(C(=O)NC(C)c2ncc[nH]2)CCNC1. The molecule has 1 saturated heterocycles. The molecule has 100 valence electrons. The number of aromatic amines is 1. The molecule has 1 aliphatic rings. The second-order valence-corrected chi connectivity index (χ2v) is 5.13. The Morgan fingerprint density at radius 1 is 1.67 bits per heavy atom. The fraction of sp³-hybridized carbons (Fsp3) is 0.692. The van der Waals surface area contributed by atoms with Crippen molar-refractivity contribution in [3.63, 3.8) is 0 Å². The predicted octanol–water partition coefficient (Wildman–Crippen LogP) is 1.37. The summed E-state index contributed by atoms with van der Waals surface area (Å²) in [5.41, 5.74) is -0.227. The molecule has 1 aromatic rings. The van der Waals surface area contributed by atoms with Crippen molar-refractivity contribution in [2.24, 2.45) is 5.41 Å². The lowest BCUT2D eigenvalue weighted by Crippen LogP contribution is -2.43. The minimum absolute atomic E-state index is 0.0677. The first-order chi connectivity index (χ1) is 8.68. The van der Waals surface area contributed by atoms with Crippen molar-refractivity contribution in [3.8, 4) is 0 Å². The summed E-state index contributed by atoms with van der Waals surface area (Å²) in [4.78, 5) is 19.7. The summed E-state index contributed by atoms with van der Waals surface area (Å²) in [5.74, 6) is 0.958. The number of nitrogens with zero attached hydrogens (tertiary/aromatic N) is 1. The quantitative estimate of drug-likeness (QED) is 0.739. The number of hydrogen-bond acceptors (Lipinski definition) is 3. The van der Waals surface area contributed by atoms with Crippen molar-refractivity contribution < 1.29 is 4.79 Å². The monoisotopic (exact) mass is 250 g/mol. The Morgan fingerprint density at radius 2 is 2.50 bits per heavy atom. The topological polar surface area (TPSA) is 69.8 Å². The molecule has 1 fully saturated rings. The molecular weight excluding hydrogens is 228 g/mol. The number of nitrogens with one attached hydrogen (secondary N) is 3. The number of imidazole rings is 1. The van der Waals surface area contributed by atoms with Crippen molar-refractivity contribution in [1.29, 1.82) is 0 Å². The van der Waals surface area contributed by atoms with Gasteiger partial charge in [0, 0.05) is 18.9 Å². The van der Waals surface area contributed by atoms with Gasteiger partial charge in [-0.25, -0.2) is 4.98 Å². The van der Waals surface area contributed by atoms with Gasteiger partial charge < -0.3 is 15.6 Å². The lowest BCUT2D eigenvalue weighted by Gasteiger charge is -2.28. The molecule has 2 unspecified atom stereocenters. The first-order valence-corrected chi connectivity index (χ1v) is 6.69. The van der Waals surface area contributed by atoms with Gasteiger partial charge in [-0.1, -0.05) is 13.3 Å². The molecule has 1 aliphatic heterocycles. The number of amides is 1. The molecule has 0 aliphatic carbocycles. The van der Waals surface area contributed by atoms with Gasteiger partial charge in [0.25, 0.3) is 0 Å². The highest BCUT2D eigenvalue weighted by Crippen LogP contribution is 2.31.